The smallest absolute Gasteiger partial charge is 0.264 e. The third kappa shape index (κ3) is 3.42. The molecule has 1 aliphatic rings. The summed E-state index contributed by atoms with van der Waals surface area (Å²) in [7, 11) is -1.37. The van der Waals surface area contributed by atoms with Crippen LogP contribution < -0.4 is 14.2 Å². The van der Waals surface area contributed by atoms with Crippen molar-refractivity contribution in [2.75, 3.05) is 18.9 Å². The lowest BCUT2D eigenvalue weighted by Crippen LogP contribution is -2.17. The molecule has 0 heterocycles. The first-order chi connectivity index (χ1) is 12.0. The second-order valence-corrected chi connectivity index (χ2v) is 7.54. The molecule has 1 N–H and O–H groups in total. The van der Waals surface area contributed by atoms with Gasteiger partial charge in [-0.15, -0.1) is 0 Å². The van der Waals surface area contributed by atoms with Crippen LogP contribution in [-0.2, 0) is 22.9 Å². The number of ether oxygens (including phenoxy) is 2. The summed E-state index contributed by atoms with van der Waals surface area (Å²) in [5, 5.41) is 0. The molecule has 0 spiro atoms. The summed E-state index contributed by atoms with van der Waals surface area (Å²) in [6.07, 6.45) is 3.84. The molecule has 0 unspecified atom stereocenters. The molecule has 0 fully saturated rings. The molecule has 0 bridgehead atoms. The first kappa shape index (κ1) is 17.5. The van der Waals surface area contributed by atoms with Crippen LogP contribution in [0, 0.1) is 5.82 Å². The van der Waals surface area contributed by atoms with E-state index < -0.39 is 20.7 Å². The molecular weight excluding hydrogens is 345 g/mol. The van der Waals surface area contributed by atoms with E-state index in [0.717, 1.165) is 48.9 Å². The van der Waals surface area contributed by atoms with Crippen molar-refractivity contribution >= 4 is 15.7 Å². The minimum atomic E-state index is -4.10. The zero-order valence-electron chi connectivity index (χ0n) is 14.1. The maximum absolute atomic E-state index is 14.3. The summed E-state index contributed by atoms with van der Waals surface area (Å²) in [6.45, 7) is 0. The number of sulfonamides is 1. The molecule has 3 rings (SSSR count). The number of rotatable bonds is 5. The molecule has 0 saturated carbocycles. The molecule has 1 aliphatic carbocycles. The van der Waals surface area contributed by atoms with Gasteiger partial charge in [-0.3, -0.25) is 4.72 Å². The number of benzene rings is 2. The topological polar surface area (TPSA) is 64.6 Å². The first-order valence-corrected chi connectivity index (χ1v) is 9.49. The van der Waals surface area contributed by atoms with Gasteiger partial charge in [0.1, 0.15) is 10.7 Å². The molecule has 0 aliphatic heterocycles. The molecule has 2 aromatic carbocycles. The largest absolute Gasteiger partial charge is 0.493 e. The van der Waals surface area contributed by atoms with E-state index in [0.29, 0.717) is 5.69 Å². The predicted molar refractivity (Wildman–Crippen MR) is 93.4 cm³/mol. The van der Waals surface area contributed by atoms with E-state index in [2.05, 4.69) is 4.72 Å². The number of hydrogen-bond donors (Lipinski definition) is 1. The van der Waals surface area contributed by atoms with Gasteiger partial charge in [0.05, 0.1) is 19.9 Å². The van der Waals surface area contributed by atoms with Crippen LogP contribution in [0.5, 0.6) is 11.5 Å². The van der Waals surface area contributed by atoms with E-state index in [1.807, 2.05) is 12.1 Å². The Morgan fingerprint density at radius 3 is 2.44 bits per heavy atom. The number of methoxy groups -OCH3 is 2. The first-order valence-electron chi connectivity index (χ1n) is 8.01. The Bertz CT molecular complexity index is 896. The minimum absolute atomic E-state index is 0.135. The van der Waals surface area contributed by atoms with Crippen LogP contribution in [0.2, 0.25) is 0 Å². The van der Waals surface area contributed by atoms with Gasteiger partial charge in [0.2, 0.25) is 0 Å². The van der Waals surface area contributed by atoms with Gasteiger partial charge < -0.3 is 9.47 Å². The third-order valence-corrected chi connectivity index (χ3v) is 5.75. The lowest BCUT2D eigenvalue weighted by molar-refractivity contribution is 0.350. The molecule has 0 amide bonds. The van der Waals surface area contributed by atoms with Crippen molar-refractivity contribution in [3.63, 3.8) is 0 Å². The van der Waals surface area contributed by atoms with Crippen LogP contribution in [-0.4, -0.2) is 22.6 Å². The molecule has 0 aromatic heterocycles. The quantitative estimate of drug-likeness (QED) is 0.880. The lowest BCUT2D eigenvalue weighted by Gasteiger charge is -2.20. The van der Waals surface area contributed by atoms with Gasteiger partial charge >= 0.3 is 0 Å². The Hall–Kier alpha value is -2.28. The van der Waals surface area contributed by atoms with Crippen LogP contribution in [0.3, 0.4) is 0 Å². The van der Waals surface area contributed by atoms with Crippen molar-refractivity contribution in [1.82, 2.24) is 0 Å². The Morgan fingerprint density at radius 2 is 1.72 bits per heavy atom. The Kier molecular flexibility index (Phi) is 4.85. The van der Waals surface area contributed by atoms with E-state index in [-0.39, 0.29) is 11.5 Å². The van der Waals surface area contributed by atoms with Crippen molar-refractivity contribution in [2.45, 2.75) is 30.6 Å². The van der Waals surface area contributed by atoms with Crippen molar-refractivity contribution in [3.8, 4) is 11.5 Å². The molecule has 2 aromatic rings. The predicted octanol–water partition coefficient (Wildman–Crippen LogP) is 3.52. The van der Waals surface area contributed by atoms with Gasteiger partial charge in [-0.05, 0) is 42.9 Å². The van der Waals surface area contributed by atoms with Crippen molar-refractivity contribution in [3.05, 3.63) is 47.3 Å². The minimum Gasteiger partial charge on any atom is -0.493 e. The van der Waals surface area contributed by atoms with Gasteiger partial charge in [-0.2, -0.15) is 0 Å². The number of hydrogen-bond acceptors (Lipinski definition) is 4. The van der Waals surface area contributed by atoms with Crippen LogP contribution in [0.4, 0.5) is 10.1 Å². The Balaban J connectivity index is 2.01. The molecule has 0 radical (unpaired) electrons. The summed E-state index contributed by atoms with van der Waals surface area (Å²) in [6, 6.07) is 7.66. The number of anilines is 1. The average molecular weight is 365 g/mol. The highest BCUT2D eigenvalue weighted by Crippen LogP contribution is 2.34. The number of nitrogens with one attached hydrogen (secondary N) is 1. The molecule has 7 heteroatoms. The monoisotopic (exact) mass is 365 g/mol. The summed E-state index contributed by atoms with van der Waals surface area (Å²) < 4.78 is 52.4. The van der Waals surface area contributed by atoms with E-state index >= 15 is 0 Å². The van der Waals surface area contributed by atoms with E-state index in [4.69, 9.17) is 9.47 Å². The van der Waals surface area contributed by atoms with E-state index in [1.54, 1.807) is 6.07 Å². The van der Waals surface area contributed by atoms with Gasteiger partial charge in [-0.1, -0.05) is 12.1 Å². The van der Waals surface area contributed by atoms with Gasteiger partial charge in [0.25, 0.3) is 10.0 Å². The number of halogens is 1. The fourth-order valence-corrected chi connectivity index (χ4v) is 4.29. The van der Waals surface area contributed by atoms with E-state index in [1.165, 1.54) is 14.2 Å². The second-order valence-electron chi connectivity index (χ2n) is 5.89. The fourth-order valence-electron chi connectivity index (χ4n) is 3.12. The molecular formula is C18H20FNO4S. The fraction of sp³-hybridized carbons (Fsp3) is 0.333. The summed E-state index contributed by atoms with van der Waals surface area (Å²) in [5.74, 6) is -0.606. The normalized spacial score (nSPS) is 13.9. The van der Waals surface area contributed by atoms with Gasteiger partial charge in [-0.25, -0.2) is 12.8 Å². The summed E-state index contributed by atoms with van der Waals surface area (Å²) >= 11 is 0. The zero-order valence-corrected chi connectivity index (χ0v) is 15.0. The molecule has 0 saturated heterocycles. The number of fused-ring (bicyclic) bond motifs is 1. The van der Waals surface area contributed by atoms with Gasteiger partial charge in [0, 0.05) is 12.1 Å². The standard InChI is InChI=1S/C18H20FNO4S/c1-23-16-10-14(19)18(11-17(16)24-2)25(21,22)20-15-9-5-7-12-6-3-4-8-13(12)15/h5,7,9-11,20H,3-4,6,8H2,1-2H3. The second kappa shape index (κ2) is 6.92. The summed E-state index contributed by atoms with van der Waals surface area (Å²) in [5.41, 5.74) is 2.63. The highest BCUT2D eigenvalue weighted by molar-refractivity contribution is 7.92. The average Bonchev–Trinajstić information content (AvgIpc) is 2.61. The van der Waals surface area contributed by atoms with Crippen LogP contribution in [0.25, 0.3) is 0 Å². The lowest BCUT2D eigenvalue weighted by atomic mass is 9.91. The number of aryl methyl sites for hydroxylation is 1. The van der Waals surface area contributed by atoms with Crippen molar-refractivity contribution < 1.29 is 22.3 Å². The van der Waals surface area contributed by atoms with Crippen molar-refractivity contribution in [2.24, 2.45) is 0 Å². The highest BCUT2D eigenvalue weighted by Gasteiger charge is 2.24. The highest BCUT2D eigenvalue weighted by atomic mass is 32.2. The maximum atomic E-state index is 14.3. The van der Waals surface area contributed by atoms with Crippen LogP contribution in [0.15, 0.2) is 35.2 Å². The SMILES string of the molecule is COc1cc(F)c(S(=O)(=O)Nc2cccc3c2CCCC3)cc1OC. The van der Waals surface area contributed by atoms with E-state index in [9.17, 15) is 12.8 Å². The molecule has 25 heavy (non-hydrogen) atoms. The third-order valence-electron chi connectivity index (χ3n) is 4.37. The molecule has 0 atom stereocenters. The Labute approximate surface area is 146 Å². The van der Waals surface area contributed by atoms with Crippen LogP contribution in [0.1, 0.15) is 24.0 Å². The Morgan fingerprint density at radius 1 is 1.04 bits per heavy atom. The summed E-state index contributed by atoms with van der Waals surface area (Å²) in [4.78, 5) is -0.474. The van der Waals surface area contributed by atoms with Crippen molar-refractivity contribution in [1.29, 1.82) is 0 Å². The zero-order chi connectivity index (χ0) is 18.0. The molecule has 134 valence electrons. The van der Waals surface area contributed by atoms with Gasteiger partial charge in [0.15, 0.2) is 11.5 Å². The van der Waals surface area contributed by atoms with Crippen LogP contribution >= 0.6 is 0 Å². The molecule has 5 nitrogen and oxygen atoms in total. The maximum Gasteiger partial charge on any atom is 0.264 e.